The molecule has 3 aromatic rings. The SMILES string of the molecule is CCC(Oc1ccc(C2CCCCC2)cc1Cl)C(=O)Nc1ccc(NC(=O)Nc2ccc(C#N)c(C#N)c2)c(O)c1. The summed E-state index contributed by atoms with van der Waals surface area (Å²) in [5.74, 6) is 0.257. The Morgan fingerprint density at radius 3 is 2.32 bits per heavy atom. The number of nitrogens with zero attached hydrogens (tertiary/aromatic N) is 2. The van der Waals surface area contributed by atoms with Crippen molar-refractivity contribution in [3.63, 3.8) is 0 Å². The second kappa shape index (κ2) is 13.6. The first-order valence-corrected chi connectivity index (χ1v) is 13.8. The zero-order valence-corrected chi connectivity index (χ0v) is 23.3. The molecule has 4 rings (SSSR count). The van der Waals surface area contributed by atoms with Crippen LogP contribution < -0.4 is 20.7 Å². The molecule has 0 saturated heterocycles. The molecule has 0 aromatic heterocycles. The highest BCUT2D eigenvalue weighted by molar-refractivity contribution is 6.32. The Bertz CT molecular complexity index is 1520. The molecule has 1 saturated carbocycles. The summed E-state index contributed by atoms with van der Waals surface area (Å²) >= 11 is 6.52. The van der Waals surface area contributed by atoms with Crippen molar-refractivity contribution < 1.29 is 19.4 Å². The van der Waals surface area contributed by atoms with Gasteiger partial charge in [-0.15, -0.1) is 0 Å². The smallest absolute Gasteiger partial charge is 0.323 e. The lowest BCUT2D eigenvalue weighted by molar-refractivity contribution is -0.122. The van der Waals surface area contributed by atoms with Crippen molar-refractivity contribution in [3.8, 4) is 23.6 Å². The number of ether oxygens (including phenoxy) is 1. The number of halogens is 1. The standard InChI is InChI=1S/C31H30ClN5O4/c1-2-28(41-29-13-9-20(15-25(29)32)19-6-4-3-5-7-19)30(39)35-24-11-12-26(27(38)16-24)37-31(40)36-23-10-8-21(17-33)22(14-23)18-34/h8-16,19,28,38H,2-7H2,1H3,(H,35,39)(H2,36,37,40). The van der Waals surface area contributed by atoms with E-state index >= 15 is 0 Å². The van der Waals surface area contributed by atoms with Crippen LogP contribution in [0.3, 0.4) is 0 Å². The number of hydrogen-bond donors (Lipinski definition) is 4. The Hall–Kier alpha value is -4.73. The zero-order valence-electron chi connectivity index (χ0n) is 22.5. The number of carbonyl (C=O) groups excluding carboxylic acids is 2. The average Bonchev–Trinajstić information content (AvgIpc) is 2.98. The number of nitriles is 2. The predicted molar refractivity (Wildman–Crippen MR) is 157 cm³/mol. The van der Waals surface area contributed by atoms with Crippen LogP contribution in [-0.2, 0) is 4.79 Å². The molecule has 41 heavy (non-hydrogen) atoms. The third kappa shape index (κ3) is 7.47. The van der Waals surface area contributed by atoms with E-state index in [1.54, 1.807) is 0 Å². The third-order valence-electron chi connectivity index (χ3n) is 7.00. The molecule has 3 amide bonds. The Balaban J connectivity index is 1.35. The highest BCUT2D eigenvalue weighted by atomic mass is 35.5. The van der Waals surface area contributed by atoms with Crippen LogP contribution >= 0.6 is 11.6 Å². The zero-order chi connectivity index (χ0) is 29.4. The van der Waals surface area contributed by atoms with Crippen molar-refractivity contribution in [1.29, 1.82) is 10.5 Å². The topological polar surface area (TPSA) is 147 Å². The number of aromatic hydroxyl groups is 1. The molecule has 1 atom stereocenters. The molecule has 3 aromatic carbocycles. The van der Waals surface area contributed by atoms with Crippen LogP contribution in [0, 0.1) is 22.7 Å². The quantitative estimate of drug-likeness (QED) is 0.209. The van der Waals surface area contributed by atoms with E-state index in [2.05, 4.69) is 16.0 Å². The molecule has 10 heteroatoms. The monoisotopic (exact) mass is 571 g/mol. The van der Waals surface area contributed by atoms with Crippen LogP contribution in [0.2, 0.25) is 5.02 Å². The van der Waals surface area contributed by atoms with Crippen molar-refractivity contribution in [2.75, 3.05) is 16.0 Å². The van der Waals surface area contributed by atoms with Gasteiger partial charge in [-0.2, -0.15) is 10.5 Å². The second-order valence-corrected chi connectivity index (χ2v) is 10.2. The molecule has 1 aliphatic carbocycles. The van der Waals surface area contributed by atoms with E-state index in [1.807, 2.05) is 37.3 Å². The van der Waals surface area contributed by atoms with Crippen LogP contribution in [0.4, 0.5) is 21.9 Å². The van der Waals surface area contributed by atoms with Crippen molar-refractivity contribution in [2.45, 2.75) is 57.5 Å². The number of phenols is 1. The van der Waals surface area contributed by atoms with E-state index in [1.165, 1.54) is 61.2 Å². The highest BCUT2D eigenvalue weighted by Crippen LogP contribution is 2.36. The largest absolute Gasteiger partial charge is 0.506 e. The maximum Gasteiger partial charge on any atom is 0.323 e. The Morgan fingerprint density at radius 1 is 0.951 bits per heavy atom. The minimum atomic E-state index is -0.815. The maximum absolute atomic E-state index is 13.0. The van der Waals surface area contributed by atoms with Gasteiger partial charge in [-0.05, 0) is 73.2 Å². The van der Waals surface area contributed by atoms with Gasteiger partial charge < -0.3 is 25.8 Å². The van der Waals surface area contributed by atoms with Crippen molar-refractivity contribution in [2.24, 2.45) is 0 Å². The minimum Gasteiger partial charge on any atom is -0.506 e. The van der Waals surface area contributed by atoms with E-state index in [0.717, 1.165) is 12.8 Å². The molecular formula is C31H30ClN5O4. The Morgan fingerprint density at radius 2 is 1.66 bits per heavy atom. The second-order valence-electron chi connectivity index (χ2n) is 9.82. The molecule has 0 aliphatic heterocycles. The molecule has 4 N–H and O–H groups in total. The summed E-state index contributed by atoms with van der Waals surface area (Å²) in [4.78, 5) is 25.4. The molecule has 210 valence electrons. The van der Waals surface area contributed by atoms with Gasteiger partial charge in [-0.25, -0.2) is 4.79 Å². The van der Waals surface area contributed by atoms with Crippen LogP contribution in [0.25, 0.3) is 0 Å². The average molecular weight is 572 g/mol. The summed E-state index contributed by atoms with van der Waals surface area (Å²) < 4.78 is 5.96. The maximum atomic E-state index is 13.0. The fourth-order valence-electron chi connectivity index (χ4n) is 4.81. The number of anilines is 3. The van der Waals surface area contributed by atoms with Crippen LogP contribution in [-0.4, -0.2) is 23.1 Å². The molecular weight excluding hydrogens is 542 g/mol. The molecule has 0 heterocycles. The predicted octanol–water partition coefficient (Wildman–Crippen LogP) is 7.28. The number of rotatable bonds is 8. The first kappa shape index (κ1) is 29.3. The lowest BCUT2D eigenvalue weighted by atomic mass is 9.84. The van der Waals surface area contributed by atoms with Crippen molar-refractivity contribution in [3.05, 3.63) is 76.3 Å². The van der Waals surface area contributed by atoms with Gasteiger partial charge in [0.2, 0.25) is 0 Å². The van der Waals surface area contributed by atoms with E-state index in [9.17, 15) is 14.7 Å². The van der Waals surface area contributed by atoms with Gasteiger partial charge in [0.25, 0.3) is 5.91 Å². The summed E-state index contributed by atoms with van der Waals surface area (Å²) in [6.07, 6.45) is 5.61. The highest BCUT2D eigenvalue weighted by Gasteiger charge is 2.22. The molecule has 1 aliphatic rings. The summed E-state index contributed by atoms with van der Waals surface area (Å²) in [5.41, 5.74) is 2.23. The van der Waals surface area contributed by atoms with Gasteiger partial charge in [-0.3, -0.25) is 4.79 Å². The van der Waals surface area contributed by atoms with Crippen molar-refractivity contribution >= 4 is 40.6 Å². The van der Waals surface area contributed by atoms with Crippen LogP contribution in [0.15, 0.2) is 54.6 Å². The van der Waals surface area contributed by atoms with E-state index < -0.39 is 18.0 Å². The van der Waals surface area contributed by atoms with Crippen LogP contribution in [0.5, 0.6) is 11.5 Å². The van der Waals surface area contributed by atoms with E-state index in [-0.39, 0.29) is 22.6 Å². The number of amides is 3. The molecule has 9 nitrogen and oxygen atoms in total. The van der Waals surface area contributed by atoms with Gasteiger partial charge >= 0.3 is 6.03 Å². The normalized spacial score (nSPS) is 13.8. The third-order valence-corrected chi connectivity index (χ3v) is 7.29. The Labute approximate surface area is 243 Å². The number of nitrogens with one attached hydrogen (secondary N) is 3. The van der Waals surface area contributed by atoms with Gasteiger partial charge in [-0.1, -0.05) is 43.9 Å². The molecule has 1 fully saturated rings. The fourth-order valence-corrected chi connectivity index (χ4v) is 5.05. The van der Waals surface area contributed by atoms with Gasteiger partial charge in [0.15, 0.2) is 6.10 Å². The number of carbonyl (C=O) groups is 2. The van der Waals surface area contributed by atoms with Crippen molar-refractivity contribution in [1.82, 2.24) is 0 Å². The summed E-state index contributed by atoms with van der Waals surface area (Å²) in [6.45, 7) is 1.82. The number of benzene rings is 3. The van der Waals surface area contributed by atoms with E-state index in [4.69, 9.17) is 26.9 Å². The summed E-state index contributed by atoms with van der Waals surface area (Å²) in [6, 6.07) is 17.5. The Kier molecular flexibility index (Phi) is 9.68. The number of phenolic OH excluding ortho intramolecular Hbond substituents is 1. The molecule has 0 radical (unpaired) electrons. The molecule has 0 spiro atoms. The first-order chi connectivity index (χ1) is 19.8. The van der Waals surface area contributed by atoms with Gasteiger partial charge in [0.05, 0.1) is 21.8 Å². The lowest BCUT2D eigenvalue weighted by Gasteiger charge is -2.23. The summed E-state index contributed by atoms with van der Waals surface area (Å²) in [5, 5.41) is 36.9. The molecule has 0 bridgehead atoms. The number of hydrogen-bond acceptors (Lipinski definition) is 6. The van der Waals surface area contributed by atoms with Gasteiger partial charge in [0, 0.05) is 17.4 Å². The van der Waals surface area contributed by atoms with Gasteiger partial charge in [0.1, 0.15) is 23.6 Å². The lowest BCUT2D eigenvalue weighted by Crippen LogP contribution is -2.32. The fraction of sp³-hybridized carbons (Fsp3) is 0.290. The minimum absolute atomic E-state index is 0.0998. The summed E-state index contributed by atoms with van der Waals surface area (Å²) in [7, 11) is 0. The first-order valence-electron chi connectivity index (χ1n) is 13.4. The number of urea groups is 1. The molecule has 1 unspecified atom stereocenters. The van der Waals surface area contributed by atoms with E-state index in [0.29, 0.717) is 34.5 Å². The van der Waals surface area contributed by atoms with Crippen LogP contribution in [0.1, 0.15) is 68.1 Å².